The Morgan fingerprint density at radius 1 is 1.14 bits per heavy atom. The molecule has 0 radical (unpaired) electrons. The number of benzene rings is 1. The maximum absolute atomic E-state index is 13.1. The Balaban J connectivity index is 1.50. The number of likely N-dealkylation sites (tertiary alicyclic amines) is 1. The number of hydrogen-bond acceptors (Lipinski definition) is 5. The Hall–Kier alpha value is -3.34. The van der Waals surface area contributed by atoms with Gasteiger partial charge in [-0.05, 0) is 49.9 Å². The van der Waals surface area contributed by atoms with Crippen LogP contribution < -0.4 is 0 Å². The molecule has 1 N–H and O–H groups in total. The van der Waals surface area contributed by atoms with Crippen LogP contribution in [0.1, 0.15) is 41.7 Å². The molecular formula is C20H20N4O4. The highest BCUT2D eigenvalue weighted by Gasteiger charge is 2.40. The number of amides is 2. The molecule has 1 aliphatic carbocycles. The number of rotatable bonds is 4. The van der Waals surface area contributed by atoms with E-state index in [1.807, 2.05) is 4.90 Å². The molecule has 2 heterocycles. The van der Waals surface area contributed by atoms with E-state index in [0.717, 1.165) is 18.4 Å². The van der Waals surface area contributed by atoms with Gasteiger partial charge in [-0.3, -0.25) is 4.79 Å². The van der Waals surface area contributed by atoms with Crippen LogP contribution in [0.2, 0.25) is 0 Å². The van der Waals surface area contributed by atoms with Crippen LogP contribution >= 0.6 is 0 Å². The molecule has 0 spiro atoms. The summed E-state index contributed by atoms with van der Waals surface area (Å²) < 4.78 is 5.37. The van der Waals surface area contributed by atoms with Gasteiger partial charge >= 0.3 is 6.09 Å². The lowest BCUT2D eigenvalue weighted by Crippen LogP contribution is -2.49. The number of carbonyl (C=O) groups is 2. The van der Waals surface area contributed by atoms with Crippen molar-refractivity contribution in [3.8, 4) is 17.4 Å². The van der Waals surface area contributed by atoms with E-state index in [4.69, 9.17) is 14.9 Å². The molecule has 1 aliphatic heterocycles. The normalized spacial score (nSPS) is 17.2. The molecule has 8 nitrogen and oxygen atoms in total. The average molecular weight is 380 g/mol. The Labute approximate surface area is 161 Å². The molecule has 1 aromatic carbocycles. The quantitative estimate of drug-likeness (QED) is 0.873. The van der Waals surface area contributed by atoms with Gasteiger partial charge in [0.05, 0.1) is 11.6 Å². The predicted molar refractivity (Wildman–Crippen MR) is 98.5 cm³/mol. The summed E-state index contributed by atoms with van der Waals surface area (Å²) in [5.41, 5.74) is 1.55. The molecule has 2 amide bonds. The summed E-state index contributed by atoms with van der Waals surface area (Å²) in [5.74, 6) is 0.309. The van der Waals surface area contributed by atoms with Gasteiger partial charge in [0.25, 0.3) is 5.91 Å². The number of nitrogens with zero attached hydrogens (tertiary/aromatic N) is 4. The minimum absolute atomic E-state index is 0.0191. The zero-order chi connectivity index (χ0) is 19.7. The maximum atomic E-state index is 13.1. The molecule has 0 bridgehead atoms. The number of aromatic nitrogens is 1. The molecule has 2 fully saturated rings. The first-order valence-corrected chi connectivity index (χ1v) is 9.34. The fourth-order valence-corrected chi connectivity index (χ4v) is 3.67. The van der Waals surface area contributed by atoms with Crippen molar-refractivity contribution in [3.05, 3.63) is 41.6 Å². The van der Waals surface area contributed by atoms with E-state index >= 15 is 0 Å². The molecule has 0 unspecified atom stereocenters. The van der Waals surface area contributed by atoms with E-state index in [0.29, 0.717) is 37.3 Å². The molecule has 4 rings (SSSR count). The van der Waals surface area contributed by atoms with Gasteiger partial charge in [-0.2, -0.15) is 5.26 Å². The van der Waals surface area contributed by atoms with Gasteiger partial charge in [0.15, 0.2) is 11.5 Å². The van der Waals surface area contributed by atoms with Gasteiger partial charge in [0, 0.05) is 36.8 Å². The number of carboxylic acid groups (broad SMARTS) is 1. The van der Waals surface area contributed by atoms with E-state index in [2.05, 4.69) is 11.2 Å². The smallest absolute Gasteiger partial charge is 0.407 e. The minimum Gasteiger partial charge on any atom is -0.465 e. The SMILES string of the molecule is N#Cc1ccc(-c2cc(C(=O)N(C3CC3)C3CCN(C(=O)O)CC3)no2)cc1. The van der Waals surface area contributed by atoms with Gasteiger partial charge < -0.3 is 19.4 Å². The lowest BCUT2D eigenvalue weighted by Gasteiger charge is -2.37. The highest BCUT2D eigenvalue weighted by atomic mass is 16.5. The Morgan fingerprint density at radius 2 is 1.79 bits per heavy atom. The van der Waals surface area contributed by atoms with Crippen LogP contribution in [-0.2, 0) is 0 Å². The summed E-state index contributed by atoms with van der Waals surface area (Å²) in [6.45, 7) is 0.873. The zero-order valence-corrected chi connectivity index (χ0v) is 15.2. The summed E-state index contributed by atoms with van der Waals surface area (Å²) in [7, 11) is 0. The Kier molecular flexibility index (Phi) is 4.74. The standard InChI is InChI=1S/C20H20N4O4/c21-12-13-1-3-14(4-2-13)18-11-17(22-28-18)19(25)24(15-5-6-15)16-7-9-23(10-8-16)20(26)27/h1-4,11,15-16H,5-10H2,(H,26,27). The van der Waals surface area contributed by atoms with Crippen LogP contribution in [0.15, 0.2) is 34.9 Å². The van der Waals surface area contributed by atoms with Gasteiger partial charge in [-0.15, -0.1) is 0 Å². The summed E-state index contributed by atoms with van der Waals surface area (Å²) in [6, 6.07) is 10.8. The van der Waals surface area contributed by atoms with Crippen molar-refractivity contribution in [1.82, 2.24) is 15.0 Å². The second-order valence-electron chi connectivity index (χ2n) is 7.21. The minimum atomic E-state index is -0.911. The summed E-state index contributed by atoms with van der Waals surface area (Å²) in [5, 5.41) is 22.0. The molecule has 144 valence electrons. The van der Waals surface area contributed by atoms with Crippen molar-refractivity contribution in [2.24, 2.45) is 0 Å². The lowest BCUT2D eigenvalue weighted by atomic mass is 10.0. The monoisotopic (exact) mass is 380 g/mol. The number of carbonyl (C=O) groups excluding carboxylic acids is 1. The molecule has 1 aromatic heterocycles. The predicted octanol–water partition coefficient (Wildman–Crippen LogP) is 2.96. The van der Waals surface area contributed by atoms with Crippen molar-refractivity contribution in [3.63, 3.8) is 0 Å². The van der Waals surface area contributed by atoms with E-state index < -0.39 is 6.09 Å². The first kappa shape index (κ1) is 18.0. The van der Waals surface area contributed by atoms with Crippen molar-refractivity contribution >= 4 is 12.0 Å². The third kappa shape index (κ3) is 3.56. The highest BCUT2D eigenvalue weighted by Crippen LogP contribution is 2.33. The summed E-state index contributed by atoms with van der Waals surface area (Å²) in [4.78, 5) is 27.5. The maximum Gasteiger partial charge on any atom is 0.407 e. The second-order valence-corrected chi connectivity index (χ2v) is 7.21. The first-order valence-electron chi connectivity index (χ1n) is 9.34. The van der Waals surface area contributed by atoms with Gasteiger partial charge in [0.2, 0.25) is 0 Å². The van der Waals surface area contributed by atoms with Gasteiger partial charge in [0.1, 0.15) is 0 Å². The van der Waals surface area contributed by atoms with Crippen molar-refractivity contribution in [1.29, 1.82) is 5.26 Å². The largest absolute Gasteiger partial charge is 0.465 e. The molecule has 28 heavy (non-hydrogen) atoms. The van der Waals surface area contributed by atoms with E-state index in [1.54, 1.807) is 30.3 Å². The van der Waals surface area contributed by atoms with E-state index in [-0.39, 0.29) is 23.7 Å². The van der Waals surface area contributed by atoms with Crippen LogP contribution in [0, 0.1) is 11.3 Å². The van der Waals surface area contributed by atoms with Crippen LogP contribution in [0.3, 0.4) is 0 Å². The van der Waals surface area contributed by atoms with E-state index in [9.17, 15) is 9.59 Å². The molecule has 1 saturated carbocycles. The van der Waals surface area contributed by atoms with Crippen LogP contribution in [0.5, 0.6) is 0 Å². The molecular weight excluding hydrogens is 360 g/mol. The van der Waals surface area contributed by atoms with Crippen molar-refractivity contribution < 1.29 is 19.2 Å². The van der Waals surface area contributed by atoms with Crippen LogP contribution in [-0.4, -0.2) is 57.2 Å². The topological polar surface area (TPSA) is 111 Å². The van der Waals surface area contributed by atoms with E-state index in [1.165, 1.54) is 4.90 Å². The fourth-order valence-electron chi connectivity index (χ4n) is 3.67. The third-order valence-corrected chi connectivity index (χ3v) is 5.33. The highest BCUT2D eigenvalue weighted by molar-refractivity contribution is 5.93. The molecule has 8 heteroatoms. The first-order chi connectivity index (χ1) is 13.6. The third-order valence-electron chi connectivity index (χ3n) is 5.33. The Bertz CT molecular complexity index is 918. The molecule has 1 saturated heterocycles. The number of piperidine rings is 1. The lowest BCUT2D eigenvalue weighted by molar-refractivity contribution is 0.0541. The van der Waals surface area contributed by atoms with Gasteiger partial charge in [-0.25, -0.2) is 4.79 Å². The molecule has 0 atom stereocenters. The molecule has 2 aromatic rings. The zero-order valence-electron chi connectivity index (χ0n) is 15.2. The van der Waals surface area contributed by atoms with Crippen molar-refractivity contribution in [2.45, 2.75) is 37.8 Å². The fraction of sp³-hybridized carbons (Fsp3) is 0.400. The molecule has 2 aliphatic rings. The van der Waals surface area contributed by atoms with Gasteiger partial charge in [-0.1, -0.05) is 5.16 Å². The second kappa shape index (κ2) is 7.35. The number of hydrogen-bond donors (Lipinski definition) is 1. The number of nitriles is 1. The van der Waals surface area contributed by atoms with Crippen LogP contribution in [0.4, 0.5) is 4.79 Å². The van der Waals surface area contributed by atoms with Crippen LogP contribution in [0.25, 0.3) is 11.3 Å². The summed E-state index contributed by atoms with van der Waals surface area (Å²) in [6.07, 6.45) is 2.28. The summed E-state index contributed by atoms with van der Waals surface area (Å²) >= 11 is 0. The van der Waals surface area contributed by atoms with Crippen molar-refractivity contribution in [2.75, 3.05) is 13.1 Å². The average Bonchev–Trinajstić information content (AvgIpc) is 3.42. The Morgan fingerprint density at radius 3 is 2.36 bits per heavy atom.